The zero-order chi connectivity index (χ0) is 15.9. The molecule has 3 aromatic rings. The SMILES string of the molecule is O=S(=O)(Nc1cc(-c2ccoc2)no1)c1ccc2c(c1)CCC2. The van der Waals surface area contributed by atoms with Crippen LogP contribution in [0.4, 0.5) is 5.88 Å². The van der Waals surface area contributed by atoms with Crippen molar-refractivity contribution >= 4 is 15.9 Å². The summed E-state index contributed by atoms with van der Waals surface area (Å²) >= 11 is 0. The number of nitrogens with one attached hydrogen (secondary N) is 1. The van der Waals surface area contributed by atoms with Crippen LogP contribution in [0.5, 0.6) is 0 Å². The second-order valence-corrected chi connectivity index (χ2v) is 7.16. The van der Waals surface area contributed by atoms with E-state index in [1.165, 1.54) is 24.2 Å². The van der Waals surface area contributed by atoms with E-state index in [9.17, 15) is 8.42 Å². The Hall–Kier alpha value is -2.54. The van der Waals surface area contributed by atoms with Crippen molar-refractivity contribution in [3.8, 4) is 11.3 Å². The number of furan rings is 1. The summed E-state index contributed by atoms with van der Waals surface area (Å²) in [5.41, 5.74) is 3.55. The zero-order valence-electron chi connectivity index (χ0n) is 12.2. The van der Waals surface area contributed by atoms with Gasteiger partial charge in [0.15, 0.2) is 0 Å². The van der Waals surface area contributed by atoms with Gasteiger partial charge in [0.2, 0.25) is 5.88 Å². The van der Waals surface area contributed by atoms with Gasteiger partial charge in [-0.15, -0.1) is 0 Å². The van der Waals surface area contributed by atoms with Gasteiger partial charge in [0.05, 0.1) is 17.4 Å². The summed E-state index contributed by atoms with van der Waals surface area (Å²) in [5, 5.41) is 3.83. The Morgan fingerprint density at radius 1 is 1.09 bits per heavy atom. The van der Waals surface area contributed by atoms with Crippen LogP contribution in [0.25, 0.3) is 11.3 Å². The maximum atomic E-state index is 12.5. The highest BCUT2D eigenvalue weighted by molar-refractivity contribution is 7.92. The first-order valence-electron chi connectivity index (χ1n) is 7.26. The average Bonchev–Trinajstić information content (AvgIpc) is 3.27. The highest BCUT2D eigenvalue weighted by Crippen LogP contribution is 2.27. The lowest BCUT2D eigenvalue weighted by atomic mass is 10.1. The van der Waals surface area contributed by atoms with Crippen LogP contribution in [0.3, 0.4) is 0 Å². The molecule has 1 aromatic carbocycles. The smallest absolute Gasteiger partial charge is 0.264 e. The van der Waals surface area contributed by atoms with Crippen molar-refractivity contribution in [2.75, 3.05) is 4.72 Å². The molecule has 118 valence electrons. The predicted molar refractivity (Wildman–Crippen MR) is 83.5 cm³/mol. The van der Waals surface area contributed by atoms with Crippen molar-refractivity contribution in [2.24, 2.45) is 0 Å². The van der Waals surface area contributed by atoms with Crippen LogP contribution < -0.4 is 4.72 Å². The van der Waals surface area contributed by atoms with E-state index in [4.69, 9.17) is 8.94 Å². The van der Waals surface area contributed by atoms with Crippen molar-refractivity contribution < 1.29 is 17.4 Å². The molecule has 7 heteroatoms. The van der Waals surface area contributed by atoms with Crippen molar-refractivity contribution in [3.63, 3.8) is 0 Å². The fraction of sp³-hybridized carbons (Fsp3) is 0.188. The number of sulfonamides is 1. The van der Waals surface area contributed by atoms with Gasteiger partial charge in [0.25, 0.3) is 10.0 Å². The van der Waals surface area contributed by atoms with Gasteiger partial charge >= 0.3 is 0 Å². The average molecular weight is 330 g/mol. The number of aryl methyl sites for hydroxylation is 2. The fourth-order valence-electron chi connectivity index (χ4n) is 2.78. The lowest BCUT2D eigenvalue weighted by molar-refractivity contribution is 0.438. The van der Waals surface area contributed by atoms with Gasteiger partial charge in [-0.05, 0) is 48.6 Å². The highest BCUT2D eigenvalue weighted by atomic mass is 32.2. The lowest BCUT2D eigenvalue weighted by Crippen LogP contribution is -2.12. The van der Waals surface area contributed by atoms with Crippen LogP contribution in [-0.2, 0) is 22.9 Å². The molecule has 0 saturated heterocycles. The standard InChI is InChI=1S/C16H14N2O4S/c19-23(20,14-5-4-11-2-1-3-12(11)8-14)18-16-9-15(17-22-16)13-6-7-21-10-13/h4-10,18H,1-3H2. The molecule has 0 unspecified atom stereocenters. The third-order valence-corrected chi connectivity index (χ3v) is 5.29. The minimum Gasteiger partial charge on any atom is -0.472 e. The summed E-state index contributed by atoms with van der Waals surface area (Å²) in [4.78, 5) is 0.236. The monoisotopic (exact) mass is 330 g/mol. The molecule has 0 fully saturated rings. The number of aromatic nitrogens is 1. The number of nitrogens with zero attached hydrogens (tertiary/aromatic N) is 1. The van der Waals surface area contributed by atoms with Gasteiger partial charge in [0.1, 0.15) is 5.69 Å². The molecule has 0 radical (unpaired) electrons. The molecule has 6 nitrogen and oxygen atoms in total. The molecule has 23 heavy (non-hydrogen) atoms. The molecule has 0 aliphatic heterocycles. The Morgan fingerprint density at radius 2 is 1.96 bits per heavy atom. The Bertz CT molecular complexity index is 942. The summed E-state index contributed by atoms with van der Waals surface area (Å²) in [7, 11) is -3.70. The van der Waals surface area contributed by atoms with E-state index in [0.29, 0.717) is 5.69 Å². The maximum absolute atomic E-state index is 12.5. The molecule has 0 amide bonds. The summed E-state index contributed by atoms with van der Waals surface area (Å²) in [6.07, 6.45) is 6.03. The maximum Gasteiger partial charge on any atom is 0.264 e. The first-order chi connectivity index (χ1) is 11.1. The second-order valence-electron chi connectivity index (χ2n) is 5.48. The number of rotatable bonds is 4. The first kappa shape index (κ1) is 14.1. The number of benzene rings is 1. The van der Waals surface area contributed by atoms with Crippen LogP contribution in [0.15, 0.2) is 56.7 Å². The Kier molecular flexibility index (Phi) is 3.23. The number of hydrogen-bond donors (Lipinski definition) is 1. The van der Waals surface area contributed by atoms with Crippen molar-refractivity contribution in [2.45, 2.75) is 24.2 Å². The lowest BCUT2D eigenvalue weighted by Gasteiger charge is -2.06. The Morgan fingerprint density at radius 3 is 2.78 bits per heavy atom. The van der Waals surface area contributed by atoms with E-state index < -0.39 is 10.0 Å². The van der Waals surface area contributed by atoms with Gasteiger partial charge in [0, 0.05) is 11.6 Å². The number of fused-ring (bicyclic) bond motifs is 1. The van der Waals surface area contributed by atoms with E-state index in [1.54, 1.807) is 18.2 Å². The molecule has 1 aliphatic carbocycles. The van der Waals surface area contributed by atoms with Gasteiger partial charge < -0.3 is 8.94 Å². The van der Waals surface area contributed by atoms with Crippen LogP contribution in [0, 0.1) is 0 Å². The van der Waals surface area contributed by atoms with Gasteiger partial charge in [-0.1, -0.05) is 11.2 Å². The molecule has 4 rings (SSSR count). The highest BCUT2D eigenvalue weighted by Gasteiger charge is 2.20. The van der Waals surface area contributed by atoms with E-state index in [0.717, 1.165) is 30.4 Å². The summed E-state index contributed by atoms with van der Waals surface area (Å²) in [5.74, 6) is 0.0710. The van der Waals surface area contributed by atoms with Crippen LogP contribution in [0.1, 0.15) is 17.5 Å². The topological polar surface area (TPSA) is 85.3 Å². The molecule has 1 aliphatic rings. The molecule has 2 heterocycles. The van der Waals surface area contributed by atoms with Crippen molar-refractivity contribution in [1.82, 2.24) is 5.16 Å². The third-order valence-electron chi connectivity index (χ3n) is 3.94. The fourth-order valence-corrected chi connectivity index (χ4v) is 3.80. The Labute approximate surface area is 133 Å². The van der Waals surface area contributed by atoms with E-state index in [-0.39, 0.29) is 10.8 Å². The second kappa shape index (κ2) is 5.27. The van der Waals surface area contributed by atoms with Gasteiger partial charge in [-0.2, -0.15) is 0 Å². The molecule has 0 saturated carbocycles. The molecule has 0 bridgehead atoms. The normalized spacial score (nSPS) is 13.9. The largest absolute Gasteiger partial charge is 0.472 e. The zero-order valence-corrected chi connectivity index (χ0v) is 13.0. The predicted octanol–water partition coefficient (Wildman–Crippen LogP) is 3.22. The molecule has 2 aromatic heterocycles. The molecule has 1 N–H and O–H groups in total. The third kappa shape index (κ3) is 2.63. The van der Waals surface area contributed by atoms with Crippen LogP contribution in [-0.4, -0.2) is 13.6 Å². The van der Waals surface area contributed by atoms with E-state index in [2.05, 4.69) is 9.88 Å². The number of anilines is 1. The molecular formula is C16H14N2O4S. The molecule has 0 spiro atoms. The number of hydrogen-bond acceptors (Lipinski definition) is 5. The quantitative estimate of drug-likeness (QED) is 0.794. The van der Waals surface area contributed by atoms with Gasteiger partial charge in [-0.25, -0.2) is 13.1 Å². The van der Waals surface area contributed by atoms with Crippen LogP contribution in [0.2, 0.25) is 0 Å². The van der Waals surface area contributed by atoms with E-state index >= 15 is 0 Å². The van der Waals surface area contributed by atoms with Crippen molar-refractivity contribution in [1.29, 1.82) is 0 Å². The van der Waals surface area contributed by atoms with Crippen molar-refractivity contribution in [3.05, 3.63) is 54.0 Å². The summed E-state index contributed by atoms with van der Waals surface area (Å²) < 4.78 is 37.4. The minimum atomic E-state index is -3.70. The van der Waals surface area contributed by atoms with E-state index in [1.807, 2.05) is 6.07 Å². The summed E-state index contributed by atoms with van der Waals surface area (Å²) in [6.45, 7) is 0. The Balaban J connectivity index is 1.60. The van der Waals surface area contributed by atoms with Gasteiger partial charge in [-0.3, -0.25) is 0 Å². The minimum absolute atomic E-state index is 0.0710. The molecule has 0 atom stereocenters. The summed E-state index contributed by atoms with van der Waals surface area (Å²) in [6, 6.07) is 8.48. The first-order valence-corrected chi connectivity index (χ1v) is 8.74. The van der Waals surface area contributed by atoms with Crippen LogP contribution >= 0.6 is 0 Å². The molecular weight excluding hydrogens is 316 g/mol.